The zero-order valence-corrected chi connectivity index (χ0v) is 13.2. The first-order chi connectivity index (χ1) is 9.88. The van der Waals surface area contributed by atoms with Crippen LogP contribution >= 0.6 is 23.2 Å². The molecule has 1 aromatic carbocycles. The van der Waals surface area contributed by atoms with Gasteiger partial charge in [0, 0.05) is 5.70 Å². The highest BCUT2D eigenvalue weighted by molar-refractivity contribution is 6.37. The number of aryl methyl sites for hydroxylation is 1. The molecule has 1 N–H and O–H groups in total. The molecule has 1 aromatic heterocycles. The van der Waals surface area contributed by atoms with Gasteiger partial charge < -0.3 is 5.11 Å². The Morgan fingerprint density at radius 1 is 1.14 bits per heavy atom. The summed E-state index contributed by atoms with van der Waals surface area (Å²) in [6.45, 7) is 5.76. The van der Waals surface area contributed by atoms with E-state index in [1.54, 1.807) is 16.8 Å². The molecule has 0 radical (unpaired) electrons. The van der Waals surface area contributed by atoms with Gasteiger partial charge in [-0.2, -0.15) is 5.10 Å². The molecule has 1 aliphatic heterocycles. The zero-order valence-electron chi connectivity index (χ0n) is 11.6. The molecule has 5 nitrogen and oxygen atoms in total. The normalized spacial score (nSPS) is 16.0. The Morgan fingerprint density at radius 3 is 2.38 bits per heavy atom. The van der Waals surface area contributed by atoms with E-state index in [9.17, 15) is 5.11 Å². The summed E-state index contributed by atoms with van der Waals surface area (Å²) >= 11 is 11.9. The Hall–Kier alpha value is -1.85. The Labute approximate surface area is 131 Å². The summed E-state index contributed by atoms with van der Waals surface area (Å²) in [4.78, 5) is 8.96. The fourth-order valence-corrected chi connectivity index (χ4v) is 2.66. The lowest BCUT2D eigenvalue weighted by Crippen LogP contribution is -2.01. The molecule has 1 aliphatic rings. The summed E-state index contributed by atoms with van der Waals surface area (Å²) in [6.07, 6.45) is 0. The second-order valence-corrected chi connectivity index (χ2v) is 5.64. The number of phenols is 1. The van der Waals surface area contributed by atoms with Crippen LogP contribution in [-0.4, -0.2) is 25.6 Å². The molecule has 2 aromatic rings. The number of hydrogen-bond acceptors (Lipinski definition) is 4. The van der Waals surface area contributed by atoms with Gasteiger partial charge in [0.05, 0.1) is 15.7 Å². The van der Waals surface area contributed by atoms with E-state index in [2.05, 4.69) is 15.1 Å². The summed E-state index contributed by atoms with van der Waals surface area (Å²) in [6, 6.07) is 3.12. The molecule has 3 rings (SSSR count). The minimum atomic E-state index is -0.142. The van der Waals surface area contributed by atoms with Crippen molar-refractivity contribution < 1.29 is 5.11 Å². The van der Waals surface area contributed by atoms with E-state index in [1.807, 2.05) is 20.8 Å². The number of nitrogens with zero attached hydrogens (tertiary/aromatic N) is 4. The van der Waals surface area contributed by atoms with E-state index >= 15 is 0 Å². The van der Waals surface area contributed by atoms with Crippen molar-refractivity contribution in [3.8, 4) is 5.75 Å². The van der Waals surface area contributed by atoms with Crippen LogP contribution in [0.3, 0.4) is 0 Å². The summed E-state index contributed by atoms with van der Waals surface area (Å²) in [5.41, 5.74) is 3.26. The van der Waals surface area contributed by atoms with Crippen molar-refractivity contribution in [1.82, 2.24) is 14.8 Å². The number of aromatic hydroxyl groups is 1. The Morgan fingerprint density at radius 2 is 1.76 bits per heavy atom. The largest absolute Gasteiger partial charge is 0.505 e. The highest BCUT2D eigenvalue weighted by atomic mass is 35.5. The van der Waals surface area contributed by atoms with Crippen molar-refractivity contribution in [3.05, 3.63) is 39.4 Å². The first-order valence-corrected chi connectivity index (χ1v) is 7.03. The average molecular weight is 323 g/mol. The van der Waals surface area contributed by atoms with Gasteiger partial charge in [0.25, 0.3) is 0 Å². The summed E-state index contributed by atoms with van der Waals surface area (Å²) in [5, 5.41) is 14.3. The Bertz CT molecular complexity index is 797. The molecule has 2 heterocycles. The number of rotatable bonds is 1. The maximum Gasteiger partial charge on any atom is 0.181 e. The van der Waals surface area contributed by atoms with Crippen LogP contribution in [-0.2, 0) is 0 Å². The maximum atomic E-state index is 9.60. The van der Waals surface area contributed by atoms with Crippen molar-refractivity contribution in [2.45, 2.75) is 20.8 Å². The van der Waals surface area contributed by atoms with E-state index in [0.29, 0.717) is 17.3 Å². The van der Waals surface area contributed by atoms with Crippen LogP contribution in [0.5, 0.6) is 5.75 Å². The summed E-state index contributed by atoms with van der Waals surface area (Å²) in [7, 11) is 0. The molecule has 21 heavy (non-hydrogen) atoms. The van der Waals surface area contributed by atoms with E-state index in [1.165, 1.54) is 0 Å². The van der Waals surface area contributed by atoms with Crippen LogP contribution in [0.1, 0.15) is 25.5 Å². The van der Waals surface area contributed by atoms with Crippen molar-refractivity contribution in [1.29, 1.82) is 0 Å². The molecule has 108 valence electrons. The Kier molecular flexibility index (Phi) is 3.26. The smallest absolute Gasteiger partial charge is 0.181 e. The Balaban J connectivity index is 2.16. The van der Waals surface area contributed by atoms with Crippen LogP contribution < -0.4 is 0 Å². The highest BCUT2D eigenvalue weighted by Gasteiger charge is 2.26. The summed E-state index contributed by atoms with van der Waals surface area (Å²) < 4.78 is 1.77. The molecular weight excluding hydrogens is 311 g/mol. The number of hydrogen-bond donors (Lipinski definition) is 1. The van der Waals surface area contributed by atoms with E-state index in [4.69, 9.17) is 23.2 Å². The van der Waals surface area contributed by atoms with Crippen LogP contribution in [0.15, 0.2) is 22.7 Å². The van der Waals surface area contributed by atoms with E-state index in [-0.39, 0.29) is 15.8 Å². The third kappa shape index (κ3) is 2.22. The molecule has 0 atom stereocenters. The SMILES string of the molecule is CC1=C(C)n2nc(C)nc2C1=Nc1cc(Cl)c(O)c(Cl)c1. The van der Waals surface area contributed by atoms with Gasteiger partial charge in [0.1, 0.15) is 11.5 Å². The van der Waals surface area contributed by atoms with Gasteiger partial charge in [-0.05, 0) is 38.5 Å². The number of allylic oxidation sites excluding steroid dienone is 2. The van der Waals surface area contributed by atoms with Gasteiger partial charge in [-0.25, -0.2) is 14.7 Å². The lowest BCUT2D eigenvalue weighted by Gasteiger charge is -2.03. The highest BCUT2D eigenvalue weighted by Crippen LogP contribution is 2.36. The molecule has 0 aliphatic carbocycles. The molecule has 0 fully saturated rings. The van der Waals surface area contributed by atoms with Crippen LogP contribution in [0, 0.1) is 6.92 Å². The third-order valence-corrected chi connectivity index (χ3v) is 3.96. The molecule has 7 heteroatoms. The van der Waals surface area contributed by atoms with Crippen molar-refractivity contribution in [2.24, 2.45) is 4.99 Å². The number of fused-ring (bicyclic) bond motifs is 1. The van der Waals surface area contributed by atoms with Crippen molar-refractivity contribution in [3.63, 3.8) is 0 Å². The first kappa shape index (κ1) is 14.1. The number of aromatic nitrogens is 3. The maximum absolute atomic E-state index is 9.60. The monoisotopic (exact) mass is 322 g/mol. The van der Waals surface area contributed by atoms with Gasteiger partial charge >= 0.3 is 0 Å². The number of aliphatic imine (C=N–C) groups is 1. The lowest BCUT2D eigenvalue weighted by molar-refractivity contribution is 0.476. The topological polar surface area (TPSA) is 63.3 Å². The first-order valence-electron chi connectivity index (χ1n) is 6.27. The number of halogens is 2. The molecule has 0 saturated heterocycles. The second-order valence-electron chi connectivity index (χ2n) is 4.82. The zero-order chi connectivity index (χ0) is 15.3. The minimum absolute atomic E-state index is 0.142. The lowest BCUT2D eigenvalue weighted by atomic mass is 10.2. The van der Waals surface area contributed by atoms with Gasteiger partial charge in [0.15, 0.2) is 11.6 Å². The average Bonchev–Trinajstić information content (AvgIpc) is 2.89. The minimum Gasteiger partial charge on any atom is -0.505 e. The van der Waals surface area contributed by atoms with Crippen LogP contribution in [0.2, 0.25) is 10.0 Å². The van der Waals surface area contributed by atoms with Gasteiger partial charge in [-0.1, -0.05) is 23.2 Å². The standard InChI is InChI=1S/C14H12Cl2N4O/c1-6-7(2)20-14(17-8(3)19-20)12(6)18-9-4-10(15)13(21)11(16)5-9/h4-5,21H,1-3H3. The molecule has 0 amide bonds. The summed E-state index contributed by atoms with van der Waals surface area (Å²) in [5.74, 6) is 1.24. The molecule has 0 bridgehead atoms. The molecule has 0 saturated carbocycles. The quantitative estimate of drug-likeness (QED) is 0.863. The third-order valence-electron chi connectivity index (χ3n) is 3.38. The molecule has 0 unspecified atom stereocenters. The van der Waals surface area contributed by atoms with Gasteiger partial charge in [0.2, 0.25) is 0 Å². The van der Waals surface area contributed by atoms with Crippen LogP contribution in [0.4, 0.5) is 5.69 Å². The van der Waals surface area contributed by atoms with Gasteiger partial charge in [-0.15, -0.1) is 0 Å². The van der Waals surface area contributed by atoms with E-state index < -0.39 is 0 Å². The van der Waals surface area contributed by atoms with Crippen molar-refractivity contribution >= 4 is 40.3 Å². The molecular formula is C14H12Cl2N4O. The predicted molar refractivity (Wildman–Crippen MR) is 83.6 cm³/mol. The number of phenolic OH excluding ortho intramolecular Hbond substituents is 1. The fourth-order valence-electron chi connectivity index (χ4n) is 2.18. The van der Waals surface area contributed by atoms with E-state index in [0.717, 1.165) is 17.0 Å². The fraction of sp³-hybridized carbons (Fsp3) is 0.214. The van der Waals surface area contributed by atoms with Gasteiger partial charge in [-0.3, -0.25) is 0 Å². The predicted octanol–water partition coefficient (Wildman–Crippen LogP) is 3.98. The molecule has 0 spiro atoms. The van der Waals surface area contributed by atoms with Crippen molar-refractivity contribution in [2.75, 3.05) is 0 Å². The number of benzene rings is 1. The van der Waals surface area contributed by atoms with Crippen LogP contribution in [0.25, 0.3) is 5.70 Å². The second kappa shape index (κ2) is 4.86.